The van der Waals surface area contributed by atoms with Crippen molar-refractivity contribution in [2.45, 2.75) is 0 Å². The molecule has 0 saturated heterocycles. The molecule has 0 spiro atoms. The van der Waals surface area contributed by atoms with Crippen molar-refractivity contribution in [2.75, 3.05) is 12.4 Å². The average Bonchev–Trinajstić information content (AvgIpc) is 2.94. The van der Waals surface area contributed by atoms with Crippen LogP contribution < -0.4 is 10.1 Å². The topological polar surface area (TPSA) is 92.8 Å². The lowest BCUT2D eigenvalue weighted by Gasteiger charge is -2.10. The zero-order chi connectivity index (χ0) is 13.9. The SMILES string of the molecule is COc1cc2[nH]ncc2cc1NC(=O)c1cncnc1. The summed E-state index contributed by atoms with van der Waals surface area (Å²) in [6, 6.07) is 3.57. The van der Waals surface area contributed by atoms with Crippen molar-refractivity contribution in [3.8, 4) is 5.75 Å². The number of methoxy groups -OCH3 is 1. The molecule has 0 aliphatic rings. The Labute approximate surface area is 114 Å². The number of nitrogens with one attached hydrogen (secondary N) is 2. The second-order valence-electron chi connectivity index (χ2n) is 4.09. The van der Waals surface area contributed by atoms with Crippen molar-refractivity contribution in [3.63, 3.8) is 0 Å². The molecule has 7 nitrogen and oxygen atoms in total. The van der Waals surface area contributed by atoms with Gasteiger partial charge in [0.2, 0.25) is 0 Å². The van der Waals surface area contributed by atoms with Crippen molar-refractivity contribution in [2.24, 2.45) is 0 Å². The molecule has 1 amide bonds. The fourth-order valence-electron chi connectivity index (χ4n) is 1.85. The molecular formula is C13H11N5O2. The summed E-state index contributed by atoms with van der Waals surface area (Å²) in [5.41, 5.74) is 1.78. The number of rotatable bonds is 3. The molecule has 2 N–H and O–H groups in total. The van der Waals surface area contributed by atoms with E-state index in [9.17, 15) is 4.79 Å². The summed E-state index contributed by atoms with van der Waals surface area (Å²) in [4.78, 5) is 19.7. The highest BCUT2D eigenvalue weighted by Gasteiger charge is 2.12. The summed E-state index contributed by atoms with van der Waals surface area (Å²) >= 11 is 0. The minimum absolute atomic E-state index is 0.299. The van der Waals surface area contributed by atoms with Gasteiger partial charge in [-0.05, 0) is 6.07 Å². The summed E-state index contributed by atoms with van der Waals surface area (Å²) < 4.78 is 5.27. The van der Waals surface area contributed by atoms with Crippen molar-refractivity contribution < 1.29 is 9.53 Å². The van der Waals surface area contributed by atoms with Crippen LogP contribution in [0.25, 0.3) is 10.9 Å². The number of anilines is 1. The first-order valence-corrected chi connectivity index (χ1v) is 5.85. The monoisotopic (exact) mass is 269 g/mol. The van der Waals surface area contributed by atoms with Gasteiger partial charge < -0.3 is 10.1 Å². The van der Waals surface area contributed by atoms with Gasteiger partial charge in [-0.3, -0.25) is 9.89 Å². The van der Waals surface area contributed by atoms with Gasteiger partial charge >= 0.3 is 0 Å². The number of hydrogen-bond donors (Lipinski definition) is 2. The maximum Gasteiger partial charge on any atom is 0.258 e. The van der Waals surface area contributed by atoms with E-state index in [0.717, 1.165) is 10.9 Å². The van der Waals surface area contributed by atoms with Crippen LogP contribution in [0.1, 0.15) is 10.4 Å². The molecule has 0 fully saturated rings. The maximum atomic E-state index is 12.1. The molecule has 3 aromatic rings. The third-order valence-corrected chi connectivity index (χ3v) is 2.83. The Balaban J connectivity index is 1.95. The van der Waals surface area contributed by atoms with E-state index in [2.05, 4.69) is 25.5 Å². The van der Waals surface area contributed by atoms with Crippen LogP contribution in [-0.2, 0) is 0 Å². The third-order valence-electron chi connectivity index (χ3n) is 2.83. The lowest BCUT2D eigenvalue weighted by Crippen LogP contribution is -2.13. The first kappa shape index (κ1) is 12.1. The van der Waals surface area contributed by atoms with Crippen LogP contribution >= 0.6 is 0 Å². The van der Waals surface area contributed by atoms with E-state index in [1.807, 2.05) is 0 Å². The van der Waals surface area contributed by atoms with E-state index >= 15 is 0 Å². The lowest BCUT2D eigenvalue weighted by molar-refractivity contribution is 0.102. The highest BCUT2D eigenvalue weighted by atomic mass is 16.5. The molecule has 0 unspecified atom stereocenters. The molecule has 0 radical (unpaired) electrons. The second kappa shape index (κ2) is 4.96. The molecule has 3 rings (SSSR count). The smallest absolute Gasteiger partial charge is 0.258 e. The van der Waals surface area contributed by atoms with Gasteiger partial charge in [0.05, 0.1) is 30.1 Å². The zero-order valence-corrected chi connectivity index (χ0v) is 10.6. The summed E-state index contributed by atoms with van der Waals surface area (Å²) in [6.45, 7) is 0. The number of nitrogens with zero attached hydrogens (tertiary/aromatic N) is 3. The maximum absolute atomic E-state index is 12.1. The van der Waals surface area contributed by atoms with Crippen molar-refractivity contribution in [1.82, 2.24) is 20.2 Å². The van der Waals surface area contributed by atoms with Crippen LogP contribution in [0.2, 0.25) is 0 Å². The number of H-pyrrole nitrogens is 1. The van der Waals surface area contributed by atoms with Gasteiger partial charge in [-0.1, -0.05) is 0 Å². The van der Waals surface area contributed by atoms with E-state index in [4.69, 9.17) is 4.74 Å². The Morgan fingerprint density at radius 3 is 2.80 bits per heavy atom. The van der Waals surface area contributed by atoms with Crippen LogP contribution in [0, 0.1) is 0 Å². The van der Waals surface area contributed by atoms with Gasteiger partial charge in [0.15, 0.2) is 0 Å². The Morgan fingerprint density at radius 1 is 1.25 bits per heavy atom. The number of carbonyl (C=O) groups is 1. The predicted molar refractivity (Wildman–Crippen MR) is 72.6 cm³/mol. The molecule has 1 aromatic carbocycles. The minimum Gasteiger partial charge on any atom is -0.494 e. The molecule has 0 bridgehead atoms. The normalized spacial score (nSPS) is 10.4. The molecule has 0 aliphatic carbocycles. The molecule has 20 heavy (non-hydrogen) atoms. The van der Waals surface area contributed by atoms with Gasteiger partial charge in [-0.25, -0.2) is 9.97 Å². The molecule has 2 heterocycles. The number of benzene rings is 1. The van der Waals surface area contributed by atoms with E-state index < -0.39 is 0 Å². The van der Waals surface area contributed by atoms with Crippen LogP contribution in [0.4, 0.5) is 5.69 Å². The third kappa shape index (κ3) is 2.16. The number of aromatic nitrogens is 4. The van der Waals surface area contributed by atoms with Gasteiger partial charge in [0.25, 0.3) is 5.91 Å². The zero-order valence-electron chi connectivity index (χ0n) is 10.6. The van der Waals surface area contributed by atoms with Gasteiger partial charge in [0, 0.05) is 23.8 Å². The number of fused-ring (bicyclic) bond motifs is 1. The number of amides is 1. The molecule has 7 heteroatoms. The van der Waals surface area contributed by atoms with Crippen molar-refractivity contribution >= 4 is 22.5 Å². The fraction of sp³-hybridized carbons (Fsp3) is 0.0769. The number of hydrogen-bond acceptors (Lipinski definition) is 5. The first-order valence-electron chi connectivity index (χ1n) is 5.85. The average molecular weight is 269 g/mol. The standard InChI is InChI=1S/C13H11N5O2/c1-20-12-3-10-8(6-16-18-10)2-11(12)17-13(19)9-4-14-7-15-5-9/h2-7H,1H3,(H,16,18)(H,17,19). The largest absolute Gasteiger partial charge is 0.494 e. The van der Waals surface area contributed by atoms with Crippen LogP contribution in [0.15, 0.2) is 37.1 Å². The summed E-state index contributed by atoms with van der Waals surface area (Å²) in [5, 5.41) is 10.4. The molecule has 2 aromatic heterocycles. The number of carbonyl (C=O) groups excluding carboxylic acids is 1. The Kier molecular flexibility index (Phi) is 3.00. The van der Waals surface area contributed by atoms with E-state index in [1.165, 1.54) is 18.7 Å². The predicted octanol–water partition coefficient (Wildman–Crippen LogP) is 1.61. The molecule has 100 valence electrons. The number of ether oxygens (including phenoxy) is 1. The minimum atomic E-state index is -0.299. The Hall–Kier alpha value is -2.96. The van der Waals surface area contributed by atoms with Gasteiger partial charge in [-0.2, -0.15) is 5.10 Å². The van der Waals surface area contributed by atoms with Crippen LogP contribution in [0.3, 0.4) is 0 Å². The Bertz CT molecular complexity index is 754. The Morgan fingerprint density at radius 2 is 2.05 bits per heavy atom. The summed E-state index contributed by atoms with van der Waals surface area (Å²) in [5.74, 6) is 0.249. The molecule has 0 atom stereocenters. The van der Waals surface area contributed by atoms with Crippen molar-refractivity contribution in [1.29, 1.82) is 0 Å². The van der Waals surface area contributed by atoms with E-state index in [-0.39, 0.29) is 5.91 Å². The van der Waals surface area contributed by atoms with E-state index in [1.54, 1.807) is 25.4 Å². The fourth-order valence-corrected chi connectivity index (χ4v) is 1.85. The van der Waals surface area contributed by atoms with Crippen LogP contribution in [0.5, 0.6) is 5.75 Å². The lowest BCUT2D eigenvalue weighted by atomic mass is 10.2. The van der Waals surface area contributed by atoms with Crippen LogP contribution in [-0.4, -0.2) is 33.2 Å². The molecule has 0 saturated carbocycles. The molecular weight excluding hydrogens is 258 g/mol. The summed E-state index contributed by atoms with van der Waals surface area (Å²) in [7, 11) is 1.54. The molecule has 0 aliphatic heterocycles. The van der Waals surface area contributed by atoms with Gasteiger partial charge in [-0.15, -0.1) is 0 Å². The highest BCUT2D eigenvalue weighted by Crippen LogP contribution is 2.29. The van der Waals surface area contributed by atoms with E-state index in [0.29, 0.717) is 17.0 Å². The van der Waals surface area contributed by atoms with Gasteiger partial charge in [0.1, 0.15) is 12.1 Å². The number of aromatic amines is 1. The quantitative estimate of drug-likeness (QED) is 0.753. The first-order chi connectivity index (χ1) is 9.78. The second-order valence-corrected chi connectivity index (χ2v) is 4.09. The highest BCUT2D eigenvalue weighted by molar-refractivity contribution is 6.05. The summed E-state index contributed by atoms with van der Waals surface area (Å²) in [6.07, 6.45) is 5.95. The van der Waals surface area contributed by atoms with Crippen molar-refractivity contribution in [3.05, 3.63) is 42.6 Å².